The normalized spacial score (nSPS) is 19.1. The summed E-state index contributed by atoms with van der Waals surface area (Å²) in [5, 5.41) is 13.4. The lowest BCUT2D eigenvalue weighted by Crippen LogP contribution is -2.45. The van der Waals surface area contributed by atoms with E-state index in [1.807, 2.05) is 36.4 Å². The molecule has 0 saturated heterocycles. The molecule has 2 aliphatic heterocycles. The lowest BCUT2D eigenvalue weighted by Gasteiger charge is -2.38. The van der Waals surface area contributed by atoms with Gasteiger partial charge < -0.3 is 10.4 Å². The van der Waals surface area contributed by atoms with Gasteiger partial charge in [0.15, 0.2) is 5.78 Å². The van der Waals surface area contributed by atoms with Crippen molar-refractivity contribution in [1.82, 2.24) is 10.2 Å². The number of benzene rings is 2. The van der Waals surface area contributed by atoms with Crippen LogP contribution >= 0.6 is 0 Å². The summed E-state index contributed by atoms with van der Waals surface area (Å²) in [5.41, 5.74) is 5.55. The van der Waals surface area contributed by atoms with Crippen molar-refractivity contribution in [3.8, 4) is 0 Å². The third-order valence-electron chi connectivity index (χ3n) is 6.34. The first-order chi connectivity index (χ1) is 15.5. The summed E-state index contributed by atoms with van der Waals surface area (Å²) in [4.78, 5) is 27.9. The molecule has 1 atom stereocenters. The van der Waals surface area contributed by atoms with Gasteiger partial charge in [-0.2, -0.15) is 0 Å². The highest BCUT2D eigenvalue weighted by atomic mass is 16.4. The molecule has 0 amide bonds. The molecule has 166 valence electrons. The number of hydrogen-bond donors (Lipinski definition) is 2. The van der Waals surface area contributed by atoms with Crippen LogP contribution < -0.4 is 5.32 Å². The van der Waals surface area contributed by atoms with Crippen LogP contribution in [0.3, 0.4) is 0 Å². The first-order valence-corrected chi connectivity index (χ1v) is 11.3. The number of carboxylic acid groups (broad SMARTS) is 1. The average molecular weight is 431 g/mol. The smallest absolute Gasteiger partial charge is 0.334 e. The third kappa shape index (κ3) is 4.39. The van der Waals surface area contributed by atoms with Gasteiger partial charge in [-0.3, -0.25) is 9.69 Å². The van der Waals surface area contributed by atoms with Gasteiger partial charge in [0.2, 0.25) is 0 Å². The number of carbonyl (C=O) groups excluding carboxylic acids is 1. The van der Waals surface area contributed by atoms with Crippen LogP contribution in [0.5, 0.6) is 0 Å². The zero-order chi connectivity index (χ0) is 22.7. The summed E-state index contributed by atoms with van der Waals surface area (Å²) in [6.07, 6.45) is 2.96. The van der Waals surface area contributed by atoms with E-state index >= 15 is 0 Å². The van der Waals surface area contributed by atoms with Crippen molar-refractivity contribution in [2.75, 3.05) is 13.1 Å². The van der Waals surface area contributed by atoms with Crippen LogP contribution in [0.15, 0.2) is 77.1 Å². The molecule has 2 aromatic rings. The van der Waals surface area contributed by atoms with Crippen molar-refractivity contribution in [2.24, 2.45) is 0 Å². The number of carbonyl (C=O) groups is 2. The Hall–Kier alpha value is -3.18. The summed E-state index contributed by atoms with van der Waals surface area (Å²) in [5.74, 6) is -1.52. The van der Waals surface area contributed by atoms with Crippen molar-refractivity contribution in [2.45, 2.75) is 45.6 Å². The zero-order valence-corrected chi connectivity index (χ0v) is 18.7. The number of rotatable bonds is 7. The van der Waals surface area contributed by atoms with Crippen LogP contribution in [-0.4, -0.2) is 34.8 Å². The summed E-state index contributed by atoms with van der Waals surface area (Å²) in [7, 11) is 0. The molecule has 2 heterocycles. The van der Waals surface area contributed by atoms with E-state index in [1.54, 1.807) is 6.92 Å². The zero-order valence-electron chi connectivity index (χ0n) is 18.7. The van der Waals surface area contributed by atoms with E-state index in [1.165, 1.54) is 0 Å². The number of dihydropyridines is 1. The SMILES string of the molecule is CCCCc1ccccc1C1C(C(=O)O)=C(C)NC2=C1C(=O)CN(Cc1ccccc1)C2. The number of allylic oxidation sites excluding steroid dienone is 1. The molecule has 0 bridgehead atoms. The van der Waals surface area contributed by atoms with E-state index in [2.05, 4.69) is 35.3 Å². The van der Waals surface area contributed by atoms with Gasteiger partial charge in [-0.1, -0.05) is 67.9 Å². The molecule has 0 spiro atoms. The van der Waals surface area contributed by atoms with Crippen LogP contribution in [0.2, 0.25) is 0 Å². The van der Waals surface area contributed by atoms with Crippen LogP contribution in [0.25, 0.3) is 0 Å². The molecular weight excluding hydrogens is 400 g/mol. The lowest BCUT2D eigenvalue weighted by atomic mass is 9.75. The number of nitrogens with zero attached hydrogens (tertiary/aromatic N) is 1. The van der Waals surface area contributed by atoms with Gasteiger partial charge in [0, 0.05) is 36.0 Å². The Kier molecular flexibility index (Phi) is 6.56. The van der Waals surface area contributed by atoms with Gasteiger partial charge in [-0.05, 0) is 36.5 Å². The third-order valence-corrected chi connectivity index (χ3v) is 6.34. The second-order valence-corrected chi connectivity index (χ2v) is 8.65. The molecule has 0 fully saturated rings. The number of hydrogen-bond acceptors (Lipinski definition) is 4. The molecule has 2 aromatic carbocycles. The van der Waals surface area contributed by atoms with Crippen LogP contribution in [-0.2, 0) is 22.6 Å². The van der Waals surface area contributed by atoms with Crippen molar-refractivity contribution in [3.63, 3.8) is 0 Å². The number of Topliss-reactive ketones (excluding diaryl/α,β-unsaturated/α-hetero) is 1. The fourth-order valence-electron chi connectivity index (χ4n) is 4.88. The predicted octanol–water partition coefficient (Wildman–Crippen LogP) is 4.41. The van der Waals surface area contributed by atoms with Crippen LogP contribution in [0.1, 0.15) is 49.3 Å². The summed E-state index contributed by atoms with van der Waals surface area (Å²) < 4.78 is 0. The first-order valence-electron chi connectivity index (χ1n) is 11.3. The standard InChI is InChI=1S/C27H30N2O3/c1-3-4-12-20-13-8-9-14-21(20)25-24(27(31)32)18(2)28-22-16-29(17-23(30)26(22)25)15-19-10-6-5-7-11-19/h5-11,13-14,25,28H,3-4,12,15-17H2,1-2H3,(H,31,32). The number of carboxylic acids is 1. The summed E-state index contributed by atoms with van der Waals surface area (Å²) >= 11 is 0. The molecule has 0 radical (unpaired) electrons. The van der Waals surface area contributed by atoms with Gasteiger partial charge >= 0.3 is 5.97 Å². The number of ketones is 1. The predicted molar refractivity (Wildman–Crippen MR) is 125 cm³/mol. The molecule has 32 heavy (non-hydrogen) atoms. The minimum atomic E-state index is -0.976. The Labute approximate surface area is 189 Å². The summed E-state index contributed by atoms with van der Waals surface area (Å²) in [6, 6.07) is 18.1. The topological polar surface area (TPSA) is 69.6 Å². The highest BCUT2D eigenvalue weighted by molar-refractivity contribution is 6.04. The second kappa shape index (κ2) is 9.53. The minimum Gasteiger partial charge on any atom is -0.478 e. The Balaban J connectivity index is 1.75. The molecule has 4 rings (SSSR count). The van der Waals surface area contributed by atoms with Crippen molar-refractivity contribution >= 4 is 11.8 Å². The molecule has 0 saturated carbocycles. The first kappa shape index (κ1) is 22.0. The Morgan fingerprint density at radius 3 is 2.53 bits per heavy atom. The van der Waals surface area contributed by atoms with Gasteiger partial charge in [-0.25, -0.2) is 4.79 Å². The highest BCUT2D eigenvalue weighted by Gasteiger charge is 2.40. The number of unbranched alkanes of at least 4 members (excludes halogenated alkanes) is 1. The Morgan fingerprint density at radius 2 is 1.81 bits per heavy atom. The van der Waals surface area contributed by atoms with Gasteiger partial charge in [-0.15, -0.1) is 0 Å². The van der Waals surface area contributed by atoms with Crippen LogP contribution in [0, 0.1) is 0 Å². The number of aliphatic carboxylic acids is 1. The molecule has 2 aliphatic rings. The van der Waals surface area contributed by atoms with E-state index in [0.29, 0.717) is 24.4 Å². The van der Waals surface area contributed by atoms with E-state index in [0.717, 1.165) is 41.6 Å². The molecule has 0 aromatic heterocycles. The van der Waals surface area contributed by atoms with E-state index in [4.69, 9.17) is 0 Å². The number of aryl methyl sites for hydroxylation is 1. The molecule has 5 heteroatoms. The summed E-state index contributed by atoms with van der Waals surface area (Å²) in [6.45, 7) is 5.50. The lowest BCUT2D eigenvalue weighted by molar-refractivity contribution is -0.133. The minimum absolute atomic E-state index is 0.00349. The molecule has 5 nitrogen and oxygen atoms in total. The molecule has 0 aliphatic carbocycles. The monoisotopic (exact) mass is 430 g/mol. The maximum atomic E-state index is 13.5. The Morgan fingerprint density at radius 1 is 1.09 bits per heavy atom. The van der Waals surface area contributed by atoms with Crippen molar-refractivity contribution < 1.29 is 14.7 Å². The number of nitrogens with one attached hydrogen (secondary N) is 1. The van der Waals surface area contributed by atoms with Crippen LogP contribution in [0.4, 0.5) is 0 Å². The van der Waals surface area contributed by atoms with E-state index in [-0.39, 0.29) is 17.9 Å². The molecular formula is C27H30N2O3. The molecule has 1 unspecified atom stereocenters. The van der Waals surface area contributed by atoms with Gasteiger partial charge in [0.05, 0.1) is 12.1 Å². The quantitative estimate of drug-likeness (QED) is 0.681. The van der Waals surface area contributed by atoms with Gasteiger partial charge in [0.25, 0.3) is 0 Å². The van der Waals surface area contributed by atoms with E-state index in [9.17, 15) is 14.7 Å². The fourth-order valence-corrected chi connectivity index (χ4v) is 4.88. The largest absolute Gasteiger partial charge is 0.478 e. The van der Waals surface area contributed by atoms with Gasteiger partial charge in [0.1, 0.15) is 0 Å². The second-order valence-electron chi connectivity index (χ2n) is 8.65. The highest BCUT2D eigenvalue weighted by Crippen LogP contribution is 2.41. The molecule has 2 N–H and O–H groups in total. The fraction of sp³-hybridized carbons (Fsp3) is 0.333. The maximum absolute atomic E-state index is 13.5. The van der Waals surface area contributed by atoms with E-state index < -0.39 is 11.9 Å². The maximum Gasteiger partial charge on any atom is 0.334 e. The average Bonchev–Trinajstić information content (AvgIpc) is 2.77. The van der Waals surface area contributed by atoms with Crippen molar-refractivity contribution in [1.29, 1.82) is 0 Å². The van der Waals surface area contributed by atoms with Crippen molar-refractivity contribution in [3.05, 3.63) is 93.8 Å². The Bertz CT molecular complexity index is 1090.